The van der Waals surface area contributed by atoms with Gasteiger partial charge in [0.25, 0.3) is 0 Å². The highest BCUT2D eigenvalue weighted by Crippen LogP contribution is 2.24. The van der Waals surface area contributed by atoms with Crippen LogP contribution in [0.4, 0.5) is 5.69 Å². The van der Waals surface area contributed by atoms with Gasteiger partial charge in [-0.25, -0.2) is 13.1 Å². The topological polar surface area (TPSA) is 71.1 Å². The van der Waals surface area contributed by atoms with E-state index < -0.39 is 10.0 Å². The first-order valence-electron chi connectivity index (χ1n) is 6.38. The minimum Gasteiger partial charge on any atom is -0.384 e. The lowest BCUT2D eigenvalue weighted by molar-refractivity contribution is 0.546. The molecule has 1 aliphatic heterocycles. The van der Waals surface area contributed by atoms with Gasteiger partial charge in [-0.05, 0) is 36.8 Å². The van der Waals surface area contributed by atoms with E-state index in [1.807, 2.05) is 18.7 Å². The molecule has 2 rings (SSSR count). The molecule has 1 aromatic heterocycles. The minimum absolute atomic E-state index is 0.225. The van der Waals surface area contributed by atoms with Crippen molar-refractivity contribution in [1.82, 2.24) is 9.71 Å². The number of thioether (sulfide) groups is 1. The Kier molecular flexibility index (Phi) is 5.06. The van der Waals surface area contributed by atoms with Crippen molar-refractivity contribution in [2.45, 2.75) is 18.2 Å². The molecule has 1 saturated heterocycles. The fraction of sp³-hybridized carbons (Fsp3) is 0.583. The number of nitrogens with zero attached hydrogens (tertiary/aromatic N) is 1. The third-order valence-corrected chi connectivity index (χ3v) is 5.71. The average Bonchev–Trinajstić information content (AvgIpc) is 2.91. The highest BCUT2D eigenvalue weighted by molar-refractivity contribution is 7.99. The van der Waals surface area contributed by atoms with Crippen LogP contribution in [0.5, 0.6) is 0 Å². The molecule has 2 N–H and O–H groups in total. The van der Waals surface area contributed by atoms with Crippen LogP contribution in [0.15, 0.2) is 23.4 Å². The van der Waals surface area contributed by atoms with E-state index in [0.717, 1.165) is 17.9 Å². The monoisotopic (exact) mass is 301 g/mol. The first-order valence-corrected chi connectivity index (χ1v) is 9.02. The first kappa shape index (κ1) is 14.6. The van der Waals surface area contributed by atoms with Crippen LogP contribution in [0.2, 0.25) is 0 Å². The fourth-order valence-electron chi connectivity index (χ4n) is 1.98. The van der Waals surface area contributed by atoms with Crippen molar-refractivity contribution in [3.8, 4) is 0 Å². The van der Waals surface area contributed by atoms with Crippen LogP contribution in [-0.4, -0.2) is 38.0 Å². The van der Waals surface area contributed by atoms with E-state index in [2.05, 4.69) is 15.0 Å². The first-order chi connectivity index (χ1) is 9.13. The summed E-state index contributed by atoms with van der Waals surface area (Å²) in [6.07, 6.45) is 4.06. The summed E-state index contributed by atoms with van der Waals surface area (Å²) in [5, 5.41) is 3.05. The van der Waals surface area contributed by atoms with E-state index in [9.17, 15) is 8.42 Å². The predicted octanol–water partition coefficient (Wildman–Crippen LogP) is 1.54. The fourth-order valence-corrected chi connectivity index (χ4v) is 4.50. The van der Waals surface area contributed by atoms with Gasteiger partial charge in [0, 0.05) is 25.5 Å². The number of hydrogen-bond acceptors (Lipinski definition) is 5. The van der Waals surface area contributed by atoms with Crippen LogP contribution in [0.1, 0.15) is 13.3 Å². The number of hydrogen-bond donors (Lipinski definition) is 2. The molecular formula is C12H19N3O2S2. The van der Waals surface area contributed by atoms with Crippen LogP contribution in [0.3, 0.4) is 0 Å². The molecule has 7 heteroatoms. The zero-order valence-electron chi connectivity index (χ0n) is 10.9. The summed E-state index contributed by atoms with van der Waals surface area (Å²) >= 11 is 1.88. The van der Waals surface area contributed by atoms with Crippen molar-refractivity contribution >= 4 is 27.5 Å². The van der Waals surface area contributed by atoms with Gasteiger partial charge in [0.15, 0.2) is 0 Å². The van der Waals surface area contributed by atoms with Crippen LogP contribution < -0.4 is 10.0 Å². The second-order valence-corrected chi connectivity index (χ2v) is 7.37. The Morgan fingerprint density at radius 3 is 3.05 bits per heavy atom. The van der Waals surface area contributed by atoms with E-state index >= 15 is 0 Å². The van der Waals surface area contributed by atoms with E-state index in [0.29, 0.717) is 24.7 Å². The van der Waals surface area contributed by atoms with Gasteiger partial charge in [-0.15, -0.1) is 0 Å². The molecule has 5 nitrogen and oxygen atoms in total. The van der Waals surface area contributed by atoms with Gasteiger partial charge in [-0.2, -0.15) is 11.8 Å². The molecule has 1 atom stereocenters. The highest BCUT2D eigenvalue weighted by Gasteiger charge is 2.22. The molecule has 0 bridgehead atoms. The summed E-state index contributed by atoms with van der Waals surface area (Å²) in [6, 6.07) is 1.68. The molecule has 2 heterocycles. The largest absolute Gasteiger partial charge is 0.384 e. The quantitative estimate of drug-likeness (QED) is 0.834. The van der Waals surface area contributed by atoms with E-state index in [1.165, 1.54) is 6.20 Å². The second-order valence-electron chi connectivity index (χ2n) is 4.48. The van der Waals surface area contributed by atoms with Gasteiger partial charge in [0.05, 0.1) is 5.69 Å². The average molecular weight is 301 g/mol. The second kappa shape index (κ2) is 6.58. The Morgan fingerprint density at radius 1 is 1.53 bits per heavy atom. The molecule has 1 fully saturated rings. The molecule has 0 saturated carbocycles. The lowest BCUT2D eigenvalue weighted by atomic mass is 10.1. The standard InChI is InChI=1S/C12H19N3O2S2/c1-2-14-11-3-5-13-8-12(11)19(16,17)15-7-10-4-6-18-9-10/h3,5,8,10,15H,2,4,6-7,9H2,1H3,(H,13,14). The molecule has 1 aliphatic rings. The summed E-state index contributed by atoms with van der Waals surface area (Å²) in [4.78, 5) is 4.13. The Balaban J connectivity index is 2.09. The third kappa shape index (κ3) is 3.84. The zero-order chi connectivity index (χ0) is 13.7. The normalized spacial score (nSPS) is 19.5. The summed E-state index contributed by atoms with van der Waals surface area (Å²) in [6.45, 7) is 3.11. The molecule has 19 heavy (non-hydrogen) atoms. The Hall–Kier alpha value is -0.790. The molecule has 0 amide bonds. The van der Waals surface area contributed by atoms with Crippen molar-refractivity contribution in [1.29, 1.82) is 0 Å². The van der Waals surface area contributed by atoms with E-state index in [-0.39, 0.29) is 4.90 Å². The molecule has 106 valence electrons. The SMILES string of the molecule is CCNc1ccncc1S(=O)(=O)NCC1CCSC1. The number of rotatable bonds is 6. The van der Waals surface area contributed by atoms with Gasteiger partial charge in [-0.3, -0.25) is 4.98 Å². The maximum Gasteiger partial charge on any atom is 0.244 e. The van der Waals surface area contributed by atoms with Crippen molar-refractivity contribution < 1.29 is 8.42 Å². The number of anilines is 1. The van der Waals surface area contributed by atoms with E-state index in [4.69, 9.17) is 0 Å². The van der Waals surface area contributed by atoms with Crippen LogP contribution in [-0.2, 0) is 10.0 Å². The van der Waals surface area contributed by atoms with Crippen LogP contribution >= 0.6 is 11.8 Å². The molecule has 1 aromatic rings. The number of aromatic nitrogens is 1. The highest BCUT2D eigenvalue weighted by atomic mass is 32.2. The van der Waals surface area contributed by atoms with Crippen LogP contribution in [0, 0.1) is 5.92 Å². The predicted molar refractivity (Wildman–Crippen MR) is 79.0 cm³/mol. The van der Waals surface area contributed by atoms with Gasteiger partial charge in [0.1, 0.15) is 4.90 Å². The summed E-state index contributed by atoms with van der Waals surface area (Å²) in [5.74, 6) is 2.61. The third-order valence-electron chi connectivity index (χ3n) is 3.03. The molecule has 0 radical (unpaired) electrons. The minimum atomic E-state index is -3.48. The van der Waals surface area contributed by atoms with Gasteiger partial charge in [0.2, 0.25) is 10.0 Å². The van der Waals surface area contributed by atoms with Crippen molar-refractivity contribution in [2.24, 2.45) is 5.92 Å². The summed E-state index contributed by atoms with van der Waals surface area (Å²) in [7, 11) is -3.48. The number of nitrogens with one attached hydrogen (secondary N) is 2. The van der Waals surface area contributed by atoms with Gasteiger partial charge < -0.3 is 5.32 Å². The van der Waals surface area contributed by atoms with Crippen molar-refractivity contribution in [2.75, 3.05) is 29.9 Å². The zero-order valence-corrected chi connectivity index (χ0v) is 12.6. The van der Waals surface area contributed by atoms with Crippen molar-refractivity contribution in [3.05, 3.63) is 18.5 Å². The molecule has 0 aromatic carbocycles. The summed E-state index contributed by atoms with van der Waals surface area (Å²) in [5.41, 5.74) is 0.603. The molecule has 0 aliphatic carbocycles. The number of sulfonamides is 1. The van der Waals surface area contributed by atoms with E-state index in [1.54, 1.807) is 12.3 Å². The Bertz CT molecular complexity index is 513. The van der Waals surface area contributed by atoms with Crippen molar-refractivity contribution in [3.63, 3.8) is 0 Å². The molecular weight excluding hydrogens is 282 g/mol. The van der Waals surface area contributed by atoms with Crippen LogP contribution in [0.25, 0.3) is 0 Å². The summed E-state index contributed by atoms with van der Waals surface area (Å²) < 4.78 is 27.3. The molecule has 0 spiro atoms. The molecule has 1 unspecified atom stereocenters. The maximum atomic E-state index is 12.3. The smallest absolute Gasteiger partial charge is 0.244 e. The lowest BCUT2D eigenvalue weighted by Gasteiger charge is -2.13. The Labute approximate surface area is 118 Å². The Morgan fingerprint density at radius 2 is 2.37 bits per heavy atom. The lowest BCUT2D eigenvalue weighted by Crippen LogP contribution is -2.30. The maximum absolute atomic E-state index is 12.3. The number of pyridine rings is 1. The van der Waals surface area contributed by atoms with Gasteiger partial charge >= 0.3 is 0 Å². The van der Waals surface area contributed by atoms with Gasteiger partial charge in [-0.1, -0.05) is 0 Å².